The molecule has 1 radical (unpaired) electrons. The second-order valence-electron chi connectivity index (χ2n) is 4.94. The summed E-state index contributed by atoms with van der Waals surface area (Å²) in [6.45, 7) is 4.00. The summed E-state index contributed by atoms with van der Waals surface area (Å²) in [6, 6.07) is 28.1. The van der Waals surface area contributed by atoms with Gasteiger partial charge in [-0.2, -0.15) is 61.9 Å². The first kappa shape index (κ1) is 18.7. The molecule has 1 heteroatoms. The smallest absolute Gasteiger partial charge is 0.335 e. The summed E-state index contributed by atoms with van der Waals surface area (Å²) in [5, 5.41) is 0. The molecular weight excluding hydrogens is 343 g/mol. The third-order valence-corrected chi connectivity index (χ3v) is 3.17. The van der Waals surface area contributed by atoms with Crippen molar-refractivity contribution in [3.63, 3.8) is 0 Å². The second-order valence-corrected chi connectivity index (χ2v) is 4.94. The van der Waals surface area contributed by atoms with Crippen LogP contribution in [0.25, 0.3) is 11.1 Å². The van der Waals surface area contributed by atoms with Crippen molar-refractivity contribution in [1.29, 1.82) is 0 Å². The SMILES string of the molecule is C[CH-]C.[Zr+3].[c-]1cccc2c1Cc1ccccc1-2.c1cc[cH-]c1. The summed E-state index contributed by atoms with van der Waals surface area (Å²) in [4.78, 5) is 0. The molecule has 1 aliphatic rings. The summed E-state index contributed by atoms with van der Waals surface area (Å²) >= 11 is 0. The maximum Gasteiger partial charge on any atom is 3.00 e. The molecule has 0 aromatic heterocycles. The Morgan fingerprint density at radius 2 is 1.55 bits per heavy atom. The summed E-state index contributed by atoms with van der Waals surface area (Å²) in [5.41, 5.74) is 5.51. The molecule has 0 aliphatic heterocycles. The summed E-state index contributed by atoms with van der Waals surface area (Å²) in [6.07, 6.45) is 3.05. The van der Waals surface area contributed by atoms with Crippen LogP contribution in [-0.2, 0) is 32.6 Å². The molecular formula is C21H21Zr. The molecule has 0 N–H and O–H groups in total. The van der Waals surface area contributed by atoms with Gasteiger partial charge < -0.3 is 6.42 Å². The zero-order valence-corrected chi connectivity index (χ0v) is 15.7. The van der Waals surface area contributed by atoms with Crippen molar-refractivity contribution in [3.05, 3.63) is 96.4 Å². The largest absolute Gasteiger partial charge is 3.00 e. The van der Waals surface area contributed by atoms with Gasteiger partial charge in [0.1, 0.15) is 0 Å². The van der Waals surface area contributed by atoms with Crippen LogP contribution < -0.4 is 0 Å². The van der Waals surface area contributed by atoms with E-state index in [1.54, 1.807) is 0 Å². The van der Waals surface area contributed by atoms with Gasteiger partial charge in [-0.05, 0) is 6.42 Å². The van der Waals surface area contributed by atoms with E-state index in [-0.39, 0.29) is 26.2 Å². The van der Waals surface area contributed by atoms with Crippen molar-refractivity contribution in [2.24, 2.45) is 0 Å². The monoisotopic (exact) mass is 363 g/mol. The van der Waals surface area contributed by atoms with Gasteiger partial charge in [-0.15, -0.1) is 5.56 Å². The molecule has 0 amide bonds. The van der Waals surface area contributed by atoms with Gasteiger partial charge in [0, 0.05) is 0 Å². The third-order valence-electron chi connectivity index (χ3n) is 3.17. The molecule has 0 bridgehead atoms. The Bertz CT molecular complexity index is 578. The first-order chi connectivity index (χ1) is 10.4. The Labute approximate surface area is 153 Å². The minimum absolute atomic E-state index is 0. The fourth-order valence-electron chi connectivity index (χ4n) is 2.32. The van der Waals surface area contributed by atoms with Gasteiger partial charge in [0.05, 0.1) is 0 Å². The summed E-state index contributed by atoms with van der Waals surface area (Å²) in [7, 11) is 0. The van der Waals surface area contributed by atoms with E-state index in [9.17, 15) is 0 Å². The number of hydrogen-bond donors (Lipinski definition) is 0. The normalized spacial score (nSPS) is 9.91. The molecule has 0 nitrogen and oxygen atoms in total. The molecule has 22 heavy (non-hydrogen) atoms. The van der Waals surface area contributed by atoms with Gasteiger partial charge in [0.25, 0.3) is 0 Å². The predicted molar refractivity (Wildman–Crippen MR) is 91.2 cm³/mol. The van der Waals surface area contributed by atoms with E-state index in [4.69, 9.17) is 0 Å². The molecule has 1 aliphatic carbocycles. The van der Waals surface area contributed by atoms with Gasteiger partial charge in [0.15, 0.2) is 0 Å². The van der Waals surface area contributed by atoms with E-state index in [1.165, 1.54) is 22.3 Å². The van der Waals surface area contributed by atoms with E-state index < -0.39 is 0 Å². The molecule has 0 saturated heterocycles. The standard InChI is InChI=1S/C13H9.C5H5.C3H7.Zr/c1-3-7-12-10(5-1)9-11-6-2-4-8-13(11)12;1-2-4-5-3-1;1-3-2;/h1-5,7-8H,9H2;1-5H;3H,1-2H3;/q3*-1;+3. The Morgan fingerprint density at radius 1 is 0.909 bits per heavy atom. The van der Waals surface area contributed by atoms with Gasteiger partial charge in [-0.25, -0.2) is 12.1 Å². The zero-order chi connectivity index (χ0) is 14.9. The van der Waals surface area contributed by atoms with Crippen LogP contribution in [0.15, 0.2) is 72.8 Å². The first-order valence-corrected chi connectivity index (χ1v) is 7.35. The van der Waals surface area contributed by atoms with Crippen molar-refractivity contribution in [2.75, 3.05) is 0 Å². The Morgan fingerprint density at radius 3 is 2.18 bits per heavy atom. The van der Waals surface area contributed by atoms with E-state index in [1.807, 2.05) is 56.7 Å². The third kappa shape index (κ3) is 5.14. The maximum absolute atomic E-state index is 3.30. The maximum atomic E-state index is 3.30. The molecule has 109 valence electrons. The molecule has 0 spiro atoms. The van der Waals surface area contributed by atoms with Gasteiger partial charge in [-0.3, -0.25) is 0 Å². The van der Waals surface area contributed by atoms with E-state index in [2.05, 4.69) is 42.5 Å². The first-order valence-electron chi connectivity index (χ1n) is 7.35. The van der Waals surface area contributed by atoms with Crippen molar-refractivity contribution < 1.29 is 26.2 Å². The van der Waals surface area contributed by atoms with Crippen LogP contribution in [0.2, 0.25) is 0 Å². The fourth-order valence-corrected chi connectivity index (χ4v) is 2.32. The van der Waals surface area contributed by atoms with Crippen LogP contribution in [0.3, 0.4) is 0 Å². The fraction of sp³-hybridized carbons (Fsp3) is 0.143. The minimum Gasteiger partial charge on any atom is -0.335 e. The predicted octanol–water partition coefficient (Wildman–Crippen LogP) is 5.69. The Balaban J connectivity index is 0.000000227. The van der Waals surface area contributed by atoms with Crippen LogP contribution in [0.1, 0.15) is 25.0 Å². The van der Waals surface area contributed by atoms with E-state index in [0.717, 1.165) is 6.42 Å². The Hall–Kier alpha value is -1.33. The number of hydrogen-bond acceptors (Lipinski definition) is 0. The molecule has 0 saturated carbocycles. The molecule has 0 heterocycles. The number of rotatable bonds is 0. The molecule has 0 atom stereocenters. The van der Waals surface area contributed by atoms with Crippen molar-refractivity contribution in [2.45, 2.75) is 20.3 Å². The Kier molecular flexibility index (Phi) is 8.86. The molecule has 0 fully saturated rings. The van der Waals surface area contributed by atoms with Gasteiger partial charge in [0.2, 0.25) is 0 Å². The average molecular weight is 365 g/mol. The summed E-state index contributed by atoms with van der Waals surface area (Å²) < 4.78 is 0. The van der Waals surface area contributed by atoms with Crippen molar-refractivity contribution >= 4 is 0 Å². The van der Waals surface area contributed by atoms with Crippen LogP contribution in [0, 0.1) is 12.5 Å². The topological polar surface area (TPSA) is 0 Å². The van der Waals surface area contributed by atoms with Gasteiger partial charge >= 0.3 is 26.2 Å². The van der Waals surface area contributed by atoms with Crippen molar-refractivity contribution in [3.8, 4) is 11.1 Å². The zero-order valence-electron chi connectivity index (χ0n) is 13.2. The molecule has 4 rings (SSSR count). The van der Waals surface area contributed by atoms with Crippen molar-refractivity contribution in [1.82, 2.24) is 0 Å². The van der Waals surface area contributed by atoms with E-state index in [0.29, 0.717) is 0 Å². The van der Waals surface area contributed by atoms with Crippen LogP contribution >= 0.6 is 0 Å². The van der Waals surface area contributed by atoms with Gasteiger partial charge in [-0.1, -0.05) is 35.4 Å². The van der Waals surface area contributed by atoms with Crippen LogP contribution in [0.5, 0.6) is 0 Å². The quantitative estimate of drug-likeness (QED) is 0.352. The molecule has 3 aromatic carbocycles. The minimum atomic E-state index is 0. The van der Waals surface area contributed by atoms with Crippen LogP contribution in [-0.4, -0.2) is 0 Å². The van der Waals surface area contributed by atoms with Crippen LogP contribution in [0.4, 0.5) is 0 Å². The molecule has 3 aromatic rings. The summed E-state index contributed by atoms with van der Waals surface area (Å²) in [5.74, 6) is 0. The second kappa shape index (κ2) is 10.4. The number of fused-ring (bicyclic) bond motifs is 3. The number of benzene rings is 2. The molecule has 0 unspecified atom stereocenters. The average Bonchev–Trinajstić information content (AvgIpc) is 3.19. The van der Waals surface area contributed by atoms with E-state index >= 15 is 0 Å².